The number of hydrogen-bond donors (Lipinski definition) is 1. The monoisotopic (exact) mass is 444 g/mol. The molecule has 33 heavy (non-hydrogen) atoms. The van der Waals surface area contributed by atoms with E-state index in [1.807, 2.05) is 79.4 Å². The van der Waals surface area contributed by atoms with Gasteiger partial charge in [-0.15, -0.1) is 0 Å². The van der Waals surface area contributed by atoms with Crippen LogP contribution in [0.5, 0.6) is 0 Å². The molecule has 0 saturated carbocycles. The van der Waals surface area contributed by atoms with Crippen LogP contribution in [0.4, 0.5) is 17.1 Å². The van der Waals surface area contributed by atoms with Crippen molar-refractivity contribution in [2.75, 3.05) is 36.4 Å². The van der Waals surface area contributed by atoms with E-state index in [-0.39, 0.29) is 22.6 Å². The highest BCUT2D eigenvalue weighted by atomic mass is 16.6. The lowest BCUT2D eigenvalue weighted by Crippen LogP contribution is -2.49. The number of nitro groups is 1. The second-order valence-corrected chi connectivity index (χ2v) is 8.33. The average molecular weight is 445 g/mol. The van der Waals surface area contributed by atoms with Gasteiger partial charge >= 0.3 is 0 Å². The van der Waals surface area contributed by atoms with Crippen LogP contribution in [-0.2, 0) is 0 Å². The maximum atomic E-state index is 12.9. The zero-order valence-corrected chi connectivity index (χ0v) is 18.9. The van der Waals surface area contributed by atoms with Crippen LogP contribution < -0.4 is 10.2 Å². The van der Waals surface area contributed by atoms with E-state index in [4.69, 9.17) is 0 Å². The summed E-state index contributed by atoms with van der Waals surface area (Å²) in [6, 6.07) is 22.6. The van der Waals surface area contributed by atoms with E-state index in [1.165, 1.54) is 0 Å². The van der Waals surface area contributed by atoms with Crippen molar-refractivity contribution in [1.29, 1.82) is 0 Å². The topological polar surface area (TPSA) is 78.7 Å². The molecule has 1 aliphatic rings. The molecule has 0 radical (unpaired) electrons. The summed E-state index contributed by atoms with van der Waals surface area (Å²) in [6.45, 7) is 6.49. The van der Waals surface area contributed by atoms with Crippen molar-refractivity contribution in [3.05, 3.63) is 99.6 Å². The summed E-state index contributed by atoms with van der Waals surface area (Å²) >= 11 is 0. The van der Waals surface area contributed by atoms with Crippen LogP contribution >= 0.6 is 0 Å². The smallest absolute Gasteiger partial charge is 0.292 e. The van der Waals surface area contributed by atoms with E-state index in [0.717, 1.165) is 22.4 Å². The SMILES string of the molecule is Cc1ccccc1C(=O)N1CCN(c2ccc([N+](=O)[O-])c(N[C@H](C)c3ccccc3)c2)CC1. The number of hydrogen-bond acceptors (Lipinski definition) is 5. The van der Waals surface area contributed by atoms with Gasteiger partial charge in [0.25, 0.3) is 11.6 Å². The molecule has 0 aliphatic carbocycles. The van der Waals surface area contributed by atoms with E-state index < -0.39 is 0 Å². The zero-order chi connectivity index (χ0) is 23.4. The molecule has 3 aromatic carbocycles. The highest BCUT2D eigenvalue weighted by molar-refractivity contribution is 5.95. The van der Waals surface area contributed by atoms with E-state index >= 15 is 0 Å². The van der Waals surface area contributed by atoms with Gasteiger partial charge < -0.3 is 15.1 Å². The Morgan fingerprint density at radius 1 is 0.970 bits per heavy atom. The quantitative estimate of drug-likeness (QED) is 0.426. The lowest BCUT2D eigenvalue weighted by Gasteiger charge is -2.36. The van der Waals surface area contributed by atoms with Gasteiger partial charge in [-0.3, -0.25) is 14.9 Å². The second-order valence-electron chi connectivity index (χ2n) is 8.33. The Labute approximate surface area is 193 Å². The molecule has 7 heteroatoms. The first kappa shape index (κ1) is 22.3. The lowest BCUT2D eigenvalue weighted by molar-refractivity contribution is -0.384. The Morgan fingerprint density at radius 2 is 1.64 bits per heavy atom. The Balaban J connectivity index is 1.48. The predicted molar refractivity (Wildman–Crippen MR) is 131 cm³/mol. The number of nitrogens with one attached hydrogen (secondary N) is 1. The number of nitrogens with zero attached hydrogens (tertiary/aromatic N) is 3. The number of aryl methyl sites for hydroxylation is 1. The van der Waals surface area contributed by atoms with Crippen molar-refractivity contribution in [1.82, 2.24) is 4.90 Å². The number of nitro benzene ring substituents is 1. The summed E-state index contributed by atoms with van der Waals surface area (Å²) < 4.78 is 0. The first-order valence-corrected chi connectivity index (χ1v) is 11.1. The van der Waals surface area contributed by atoms with Gasteiger partial charge in [0, 0.05) is 49.5 Å². The fraction of sp³-hybridized carbons (Fsp3) is 0.269. The van der Waals surface area contributed by atoms with Crippen molar-refractivity contribution < 1.29 is 9.72 Å². The fourth-order valence-electron chi connectivity index (χ4n) is 4.20. The number of carbonyl (C=O) groups excluding carboxylic acids is 1. The third-order valence-corrected chi connectivity index (χ3v) is 6.16. The molecule has 1 amide bonds. The number of rotatable bonds is 6. The Hall–Kier alpha value is -3.87. The molecule has 0 unspecified atom stereocenters. The summed E-state index contributed by atoms with van der Waals surface area (Å²) in [5.74, 6) is 0.0514. The molecule has 1 saturated heterocycles. The maximum absolute atomic E-state index is 12.9. The zero-order valence-electron chi connectivity index (χ0n) is 18.9. The minimum Gasteiger partial charge on any atom is -0.373 e. The minimum atomic E-state index is -0.359. The average Bonchev–Trinajstić information content (AvgIpc) is 2.84. The van der Waals surface area contributed by atoms with Crippen molar-refractivity contribution in [3.63, 3.8) is 0 Å². The molecule has 7 nitrogen and oxygen atoms in total. The molecule has 0 bridgehead atoms. The summed E-state index contributed by atoms with van der Waals surface area (Å²) in [5.41, 5.74) is 4.22. The Morgan fingerprint density at radius 3 is 2.30 bits per heavy atom. The largest absolute Gasteiger partial charge is 0.373 e. The lowest BCUT2D eigenvalue weighted by atomic mass is 10.1. The molecule has 3 aromatic rings. The molecule has 4 rings (SSSR count). The van der Waals surface area contributed by atoms with E-state index in [9.17, 15) is 14.9 Å². The van der Waals surface area contributed by atoms with E-state index in [0.29, 0.717) is 31.9 Å². The molecule has 1 N–H and O–H groups in total. The van der Waals surface area contributed by atoms with Gasteiger partial charge in [-0.1, -0.05) is 48.5 Å². The number of amides is 1. The van der Waals surface area contributed by atoms with E-state index in [1.54, 1.807) is 12.1 Å². The molecule has 170 valence electrons. The number of anilines is 2. The molecular weight excluding hydrogens is 416 g/mol. The highest BCUT2D eigenvalue weighted by Gasteiger charge is 2.25. The van der Waals surface area contributed by atoms with Gasteiger partial charge in [0.2, 0.25) is 0 Å². The molecule has 1 aliphatic heterocycles. The number of piperazine rings is 1. The van der Waals surface area contributed by atoms with Crippen LogP contribution in [0.3, 0.4) is 0 Å². The summed E-state index contributed by atoms with van der Waals surface area (Å²) in [5, 5.41) is 14.9. The van der Waals surface area contributed by atoms with Gasteiger partial charge in [0.05, 0.1) is 4.92 Å². The predicted octanol–water partition coefficient (Wildman–Crippen LogP) is 5.04. The van der Waals surface area contributed by atoms with Gasteiger partial charge in [-0.25, -0.2) is 0 Å². The number of benzene rings is 3. The first-order chi connectivity index (χ1) is 15.9. The summed E-state index contributed by atoms with van der Waals surface area (Å²) in [7, 11) is 0. The van der Waals surface area contributed by atoms with Crippen LogP contribution in [0.25, 0.3) is 0 Å². The standard InChI is InChI=1S/C26H28N4O3/c1-19-8-6-7-11-23(19)26(31)29-16-14-28(15-17-29)22-12-13-25(30(32)33)24(18-22)27-20(2)21-9-4-3-5-10-21/h3-13,18,20,27H,14-17H2,1-2H3/t20-/m1/s1. The third-order valence-electron chi connectivity index (χ3n) is 6.16. The van der Waals surface area contributed by atoms with Crippen molar-refractivity contribution >= 4 is 23.0 Å². The van der Waals surface area contributed by atoms with Gasteiger partial charge in [-0.05, 0) is 43.2 Å². The highest BCUT2D eigenvalue weighted by Crippen LogP contribution is 2.33. The van der Waals surface area contributed by atoms with Gasteiger partial charge in [-0.2, -0.15) is 0 Å². The van der Waals surface area contributed by atoms with Crippen LogP contribution in [0.2, 0.25) is 0 Å². The minimum absolute atomic E-state index is 0.0508. The third kappa shape index (κ3) is 4.98. The molecule has 1 atom stereocenters. The van der Waals surface area contributed by atoms with Crippen molar-refractivity contribution in [3.8, 4) is 0 Å². The van der Waals surface area contributed by atoms with Gasteiger partial charge in [0.1, 0.15) is 5.69 Å². The van der Waals surface area contributed by atoms with Crippen LogP contribution in [-0.4, -0.2) is 41.9 Å². The Kier molecular flexibility index (Phi) is 6.58. The van der Waals surface area contributed by atoms with Crippen molar-refractivity contribution in [2.24, 2.45) is 0 Å². The van der Waals surface area contributed by atoms with Crippen LogP contribution in [0.15, 0.2) is 72.8 Å². The second kappa shape index (κ2) is 9.73. The molecular formula is C26H28N4O3. The maximum Gasteiger partial charge on any atom is 0.292 e. The van der Waals surface area contributed by atoms with E-state index in [2.05, 4.69) is 10.2 Å². The fourth-order valence-corrected chi connectivity index (χ4v) is 4.20. The normalized spacial score (nSPS) is 14.6. The molecule has 0 aromatic heterocycles. The molecule has 1 heterocycles. The Bertz CT molecular complexity index is 1140. The van der Waals surface area contributed by atoms with Crippen LogP contribution in [0, 0.1) is 17.0 Å². The van der Waals surface area contributed by atoms with Crippen LogP contribution in [0.1, 0.15) is 34.5 Å². The van der Waals surface area contributed by atoms with Gasteiger partial charge in [0.15, 0.2) is 0 Å². The summed E-state index contributed by atoms with van der Waals surface area (Å²) in [6.07, 6.45) is 0. The summed E-state index contributed by atoms with van der Waals surface area (Å²) in [4.78, 5) is 28.2. The molecule has 0 spiro atoms. The first-order valence-electron chi connectivity index (χ1n) is 11.1. The molecule has 1 fully saturated rings. The number of carbonyl (C=O) groups is 1. The van der Waals surface area contributed by atoms with Crippen molar-refractivity contribution in [2.45, 2.75) is 19.9 Å².